The Balaban J connectivity index is 0.00000256. The van der Waals surface area contributed by atoms with Gasteiger partial charge in [-0.1, -0.05) is 13.3 Å². The van der Waals surface area contributed by atoms with Crippen LogP contribution in [0.4, 0.5) is 0 Å². The highest BCUT2D eigenvalue weighted by Gasteiger charge is 2.10. The van der Waals surface area contributed by atoms with E-state index in [1.54, 1.807) is 6.07 Å². The highest BCUT2D eigenvalue weighted by atomic mass is 35.5. The van der Waals surface area contributed by atoms with Gasteiger partial charge in [-0.05, 0) is 12.5 Å². The van der Waals surface area contributed by atoms with Gasteiger partial charge in [-0.25, -0.2) is 0 Å². The van der Waals surface area contributed by atoms with Crippen LogP contribution in [0, 0.1) is 0 Å². The number of furan rings is 1. The van der Waals surface area contributed by atoms with Crippen LogP contribution in [0.15, 0.2) is 16.7 Å². The molecule has 1 rings (SSSR count). The Bertz CT molecular complexity index is 341. The van der Waals surface area contributed by atoms with E-state index in [9.17, 15) is 9.90 Å². The summed E-state index contributed by atoms with van der Waals surface area (Å²) < 4.78 is 5.04. The molecule has 1 amide bonds. The number of aliphatic hydroxyl groups excluding tert-OH is 1. The molecule has 17 heavy (non-hydrogen) atoms. The molecule has 4 N–H and O–H groups in total. The van der Waals surface area contributed by atoms with Gasteiger partial charge in [0, 0.05) is 6.54 Å². The summed E-state index contributed by atoms with van der Waals surface area (Å²) in [5.74, 6) is 0.317. The minimum Gasteiger partial charge on any atom is -0.467 e. The van der Waals surface area contributed by atoms with Crippen molar-refractivity contribution in [3.8, 4) is 0 Å². The summed E-state index contributed by atoms with van der Waals surface area (Å²) in [5, 5.41) is 12.1. The van der Waals surface area contributed by atoms with Crippen LogP contribution in [-0.4, -0.2) is 23.7 Å². The molecule has 0 aromatic carbocycles. The zero-order chi connectivity index (χ0) is 12.0. The quantitative estimate of drug-likeness (QED) is 0.715. The molecule has 0 aliphatic carbocycles. The normalized spacial score (nSPS) is 11.7. The zero-order valence-corrected chi connectivity index (χ0v) is 10.6. The molecule has 0 spiro atoms. The maximum atomic E-state index is 11.6. The topological polar surface area (TPSA) is 88.5 Å². The lowest BCUT2D eigenvalue weighted by molar-refractivity contribution is 0.0909. The van der Waals surface area contributed by atoms with E-state index in [1.165, 1.54) is 6.26 Å². The fourth-order valence-electron chi connectivity index (χ4n) is 1.35. The average Bonchev–Trinajstić information content (AvgIpc) is 2.75. The number of nitrogens with two attached hydrogens (primary N) is 1. The summed E-state index contributed by atoms with van der Waals surface area (Å²) in [6.45, 7) is 2.51. The lowest BCUT2D eigenvalue weighted by Gasteiger charge is -2.09. The molecule has 1 unspecified atom stereocenters. The van der Waals surface area contributed by atoms with Crippen molar-refractivity contribution < 1.29 is 14.3 Å². The number of carbonyl (C=O) groups is 1. The second-order valence-corrected chi connectivity index (χ2v) is 3.66. The van der Waals surface area contributed by atoms with Crippen molar-refractivity contribution in [2.75, 3.05) is 6.54 Å². The first-order chi connectivity index (χ1) is 7.67. The van der Waals surface area contributed by atoms with Crippen molar-refractivity contribution in [3.63, 3.8) is 0 Å². The lowest BCUT2D eigenvalue weighted by atomic mass is 10.2. The number of aliphatic hydroxyl groups is 1. The summed E-state index contributed by atoms with van der Waals surface area (Å²) in [6, 6.07) is 1.60. The van der Waals surface area contributed by atoms with Crippen molar-refractivity contribution in [1.29, 1.82) is 0 Å². The minimum absolute atomic E-state index is 0. The number of hydrogen-bond donors (Lipinski definition) is 3. The largest absolute Gasteiger partial charge is 0.467 e. The second kappa shape index (κ2) is 8.11. The van der Waals surface area contributed by atoms with E-state index >= 15 is 0 Å². The summed E-state index contributed by atoms with van der Waals surface area (Å²) in [7, 11) is 0. The molecule has 0 fully saturated rings. The molecule has 0 bridgehead atoms. The van der Waals surface area contributed by atoms with Crippen LogP contribution in [0.1, 0.15) is 35.9 Å². The first-order valence-corrected chi connectivity index (χ1v) is 5.41. The molecule has 98 valence electrons. The molecule has 5 nitrogen and oxygen atoms in total. The van der Waals surface area contributed by atoms with Gasteiger partial charge in [-0.3, -0.25) is 4.79 Å². The van der Waals surface area contributed by atoms with E-state index in [4.69, 9.17) is 10.2 Å². The third-order valence-corrected chi connectivity index (χ3v) is 2.24. The van der Waals surface area contributed by atoms with Crippen LogP contribution in [0.25, 0.3) is 0 Å². The SMILES string of the molecule is CCCC(O)CNC(=O)c1coc(CN)c1.Cl. The first kappa shape index (κ1) is 16.0. The Labute approximate surface area is 107 Å². The Morgan fingerprint density at radius 1 is 1.65 bits per heavy atom. The van der Waals surface area contributed by atoms with Gasteiger partial charge in [-0.2, -0.15) is 0 Å². The Morgan fingerprint density at radius 3 is 2.88 bits per heavy atom. The molecule has 1 heterocycles. The Morgan fingerprint density at radius 2 is 2.35 bits per heavy atom. The average molecular weight is 263 g/mol. The molecule has 6 heteroatoms. The van der Waals surface area contributed by atoms with Crippen LogP contribution in [0.2, 0.25) is 0 Å². The Hall–Kier alpha value is -1.04. The van der Waals surface area contributed by atoms with Gasteiger partial charge >= 0.3 is 0 Å². The van der Waals surface area contributed by atoms with E-state index in [-0.39, 0.29) is 31.4 Å². The summed E-state index contributed by atoms with van der Waals surface area (Å²) in [5.41, 5.74) is 5.79. The monoisotopic (exact) mass is 262 g/mol. The maximum Gasteiger partial charge on any atom is 0.254 e. The lowest BCUT2D eigenvalue weighted by Crippen LogP contribution is -2.31. The number of nitrogens with one attached hydrogen (secondary N) is 1. The number of hydrogen-bond acceptors (Lipinski definition) is 4. The van der Waals surface area contributed by atoms with Crippen LogP contribution in [0.5, 0.6) is 0 Å². The zero-order valence-electron chi connectivity index (χ0n) is 9.81. The number of amides is 1. The predicted molar refractivity (Wildman–Crippen MR) is 67.1 cm³/mol. The molecule has 0 saturated carbocycles. The Kier molecular flexibility index (Phi) is 7.61. The number of carbonyl (C=O) groups excluding carboxylic acids is 1. The molecule has 0 radical (unpaired) electrons. The summed E-state index contributed by atoms with van der Waals surface area (Å²) in [6.07, 6.45) is 2.44. The van der Waals surface area contributed by atoms with Crippen LogP contribution in [0.3, 0.4) is 0 Å². The van der Waals surface area contributed by atoms with Crippen molar-refractivity contribution >= 4 is 18.3 Å². The molecular weight excluding hydrogens is 244 g/mol. The van der Waals surface area contributed by atoms with Crippen LogP contribution < -0.4 is 11.1 Å². The van der Waals surface area contributed by atoms with Gasteiger partial charge in [0.2, 0.25) is 0 Å². The van der Waals surface area contributed by atoms with Crippen molar-refractivity contribution in [3.05, 3.63) is 23.7 Å². The first-order valence-electron chi connectivity index (χ1n) is 5.41. The van der Waals surface area contributed by atoms with E-state index < -0.39 is 6.10 Å². The van der Waals surface area contributed by atoms with Crippen molar-refractivity contribution in [2.45, 2.75) is 32.4 Å². The maximum absolute atomic E-state index is 11.6. The molecular formula is C11H19ClN2O3. The van der Waals surface area contributed by atoms with Gasteiger partial charge in [0.1, 0.15) is 12.0 Å². The van der Waals surface area contributed by atoms with Gasteiger partial charge in [-0.15, -0.1) is 12.4 Å². The highest BCUT2D eigenvalue weighted by molar-refractivity contribution is 5.93. The van der Waals surface area contributed by atoms with E-state index in [0.29, 0.717) is 17.7 Å². The van der Waals surface area contributed by atoms with E-state index in [0.717, 1.165) is 6.42 Å². The fraction of sp³-hybridized carbons (Fsp3) is 0.545. The minimum atomic E-state index is -0.491. The summed E-state index contributed by atoms with van der Waals surface area (Å²) >= 11 is 0. The third-order valence-electron chi connectivity index (χ3n) is 2.24. The molecule has 0 aliphatic rings. The van der Waals surface area contributed by atoms with Gasteiger partial charge < -0.3 is 20.6 Å². The summed E-state index contributed by atoms with van der Waals surface area (Å²) in [4.78, 5) is 11.6. The predicted octanol–water partition coefficient (Wildman–Crippen LogP) is 1.05. The number of rotatable bonds is 6. The van der Waals surface area contributed by atoms with E-state index in [1.807, 2.05) is 6.92 Å². The van der Waals surface area contributed by atoms with Gasteiger partial charge in [0.25, 0.3) is 5.91 Å². The molecule has 1 aromatic heterocycles. The van der Waals surface area contributed by atoms with Crippen LogP contribution in [-0.2, 0) is 6.54 Å². The molecule has 1 atom stereocenters. The van der Waals surface area contributed by atoms with Crippen molar-refractivity contribution in [1.82, 2.24) is 5.32 Å². The van der Waals surface area contributed by atoms with E-state index in [2.05, 4.69) is 5.32 Å². The van der Waals surface area contributed by atoms with Crippen LogP contribution >= 0.6 is 12.4 Å². The highest BCUT2D eigenvalue weighted by Crippen LogP contribution is 2.06. The smallest absolute Gasteiger partial charge is 0.254 e. The van der Waals surface area contributed by atoms with Gasteiger partial charge in [0.15, 0.2) is 0 Å². The standard InChI is InChI=1S/C11H18N2O3.ClH/c1-2-3-9(14)6-13-11(15)8-4-10(5-12)16-7-8;/h4,7,9,14H,2-3,5-6,12H2,1H3,(H,13,15);1H. The molecule has 0 aliphatic heterocycles. The second-order valence-electron chi connectivity index (χ2n) is 3.66. The fourth-order valence-corrected chi connectivity index (χ4v) is 1.35. The molecule has 0 saturated heterocycles. The number of halogens is 1. The molecule has 1 aromatic rings. The van der Waals surface area contributed by atoms with Gasteiger partial charge in [0.05, 0.1) is 18.2 Å². The van der Waals surface area contributed by atoms with Crippen molar-refractivity contribution in [2.24, 2.45) is 5.73 Å². The third kappa shape index (κ3) is 5.21.